The molecule has 0 amide bonds. The summed E-state index contributed by atoms with van der Waals surface area (Å²) < 4.78 is 5.20. The molecule has 0 N–H and O–H groups in total. The molecule has 1 aliphatic rings. The SMILES string of the molecule is COc1ccc(C[C@@H]2C=Cc3ncc(C)cc3C2)cc1. The molecule has 20 heavy (non-hydrogen) atoms. The van der Waals surface area contributed by atoms with Crippen LogP contribution in [0.15, 0.2) is 42.6 Å². The lowest BCUT2D eigenvalue weighted by Crippen LogP contribution is -2.11. The number of hydrogen-bond donors (Lipinski definition) is 0. The van der Waals surface area contributed by atoms with E-state index in [0.717, 1.165) is 24.3 Å². The maximum Gasteiger partial charge on any atom is 0.118 e. The zero-order valence-electron chi connectivity index (χ0n) is 12.0. The summed E-state index contributed by atoms with van der Waals surface area (Å²) in [4.78, 5) is 4.48. The summed E-state index contributed by atoms with van der Waals surface area (Å²) in [6, 6.07) is 10.6. The van der Waals surface area contributed by atoms with E-state index in [0.29, 0.717) is 5.92 Å². The number of rotatable bonds is 3. The number of hydrogen-bond acceptors (Lipinski definition) is 2. The first kappa shape index (κ1) is 12.9. The van der Waals surface area contributed by atoms with E-state index in [1.807, 2.05) is 18.3 Å². The Balaban J connectivity index is 1.73. The van der Waals surface area contributed by atoms with Crippen molar-refractivity contribution in [3.05, 3.63) is 65.0 Å². The van der Waals surface area contributed by atoms with Gasteiger partial charge in [-0.1, -0.05) is 24.3 Å². The molecule has 0 saturated heterocycles. The van der Waals surface area contributed by atoms with E-state index in [2.05, 4.69) is 42.3 Å². The monoisotopic (exact) mass is 265 g/mol. The van der Waals surface area contributed by atoms with Gasteiger partial charge in [-0.05, 0) is 60.6 Å². The summed E-state index contributed by atoms with van der Waals surface area (Å²) in [6.45, 7) is 2.10. The van der Waals surface area contributed by atoms with Crippen molar-refractivity contribution >= 4 is 6.08 Å². The zero-order valence-corrected chi connectivity index (χ0v) is 12.0. The number of methoxy groups -OCH3 is 1. The van der Waals surface area contributed by atoms with Crippen molar-refractivity contribution in [2.75, 3.05) is 7.11 Å². The minimum atomic E-state index is 0.555. The predicted molar refractivity (Wildman–Crippen MR) is 81.9 cm³/mol. The van der Waals surface area contributed by atoms with Gasteiger partial charge in [0, 0.05) is 6.20 Å². The Labute approximate surface area is 120 Å². The van der Waals surface area contributed by atoms with Gasteiger partial charge in [0.2, 0.25) is 0 Å². The average Bonchev–Trinajstić information content (AvgIpc) is 2.47. The first-order valence-electron chi connectivity index (χ1n) is 7.01. The Kier molecular flexibility index (Phi) is 3.55. The van der Waals surface area contributed by atoms with Gasteiger partial charge in [-0.3, -0.25) is 4.98 Å². The Morgan fingerprint density at radius 2 is 2.05 bits per heavy atom. The minimum absolute atomic E-state index is 0.555. The number of ether oxygens (including phenoxy) is 1. The molecule has 1 aromatic carbocycles. The van der Waals surface area contributed by atoms with Gasteiger partial charge in [-0.25, -0.2) is 0 Å². The van der Waals surface area contributed by atoms with Crippen molar-refractivity contribution in [1.29, 1.82) is 0 Å². The quantitative estimate of drug-likeness (QED) is 0.841. The van der Waals surface area contributed by atoms with Crippen molar-refractivity contribution in [3.63, 3.8) is 0 Å². The van der Waals surface area contributed by atoms with Gasteiger partial charge in [0.15, 0.2) is 0 Å². The third kappa shape index (κ3) is 2.74. The molecule has 2 heteroatoms. The predicted octanol–water partition coefficient (Wildman–Crippen LogP) is 3.83. The fourth-order valence-electron chi connectivity index (χ4n) is 2.74. The molecule has 2 nitrogen and oxygen atoms in total. The molecule has 1 heterocycles. The highest BCUT2D eigenvalue weighted by Gasteiger charge is 2.15. The molecule has 3 rings (SSSR count). The summed E-state index contributed by atoms with van der Waals surface area (Å²) in [6.07, 6.45) is 8.52. The highest BCUT2D eigenvalue weighted by atomic mass is 16.5. The minimum Gasteiger partial charge on any atom is -0.497 e. The first-order valence-corrected chi connectivity index (χ1v) is 7.01. The Morgan fingerprint density at radius 1 is 1.25 bits per heavy atom. The van der Waals surface area contributed by atoms with E-state index in [9.17, 15) is 0 Å². The molecule has 0 saturated carbocycles. The number of fused-ring (bicyclic) bond motifs is 1. The van der Waals surface area contributed by atoms with Crippen LogP contribution in [0.4, 0.5) is 0 Å². The number of pyridine rings is 1. The second kappa shape index (κ2) is 5.49. The zero-order chi connectivity index (χ0) is 13.9. The largest absolute Gasteiger partial charge is 0.497 e. The van der Waals surface area contributed by atoms with E-state index < -0.39 is 0 Å². The smallest absolute Gasteiger partial charge is 0.118 e. The van der Waals surface area contributed by atoms with E-state index in [-0.39, 0.29) is 0 Å². The van der Waals surface area contributed by atoms with Crippen LogP contribution in [-0.4, -0.2) is 12.1 Å². The Bertz CT molecular complexity index is 628. The fraction of sp³-hybridized carbons (Fsp3) is 0.278. The third-order valence-corrected chi connectivity index (χ3v) is 3.80. The van der Waals surface area contributed by atoms with Gasteiger partial charge < -0.3 is 4.74 Å². The standard InChI is InChI=1S/C18H19NO/c1-13-9-16-11-15(5-8-18(16)19-12-13)10-14-3-6-17(20-2)7-4-14/h3-9,12,15H,10-11H2,1-2H3/t15-/m0/s1. The van der Waals surface area contributed by atoms with Gasteiger partial charge >= 0.3 is 0 Å². The molecule has 0 spiro atoms. The van der Waals surface area contributed by atoms with Gasteiger partial charge in [0.25, 0.3) is 0 Å². The number of aromatic nitrogens is 1. The number of nitrogens with zero attached hydrogens (tertiary/aromatic N) is 1. The summed E-state index contributed by atoms with van der Waals surface area (Å²) in [5, 5.41) is 0. The van der Waals surface area contributed by atoms with E-state index in [4.69, 9.17) is 4.74 Å². The van der Waals surface area contributed by atoms with Gasteiger partial charge in [-0.2, -0.15) is 0 Å². The molecule has 0 bridgehead atoms. The molecular weight excluding hydrogens is 246 g/mol. The lowest BCUT2D eigenvalue weighted by Gasteiger charge is -2.19. The molecule has 2 aromatic rings. The summed E-state index contributed by atoms with van der Waals surface area (Å²) in [5.74, 6) is 1.47. The molecule has 1 atom stereocenters. The molecule has 1 aromatic heterocycles. The van der Waals surface area contributed by atoms with Gasteiger partial charge in [-0.15, -0.1) is 0 Å². The van der Waals surface area contributed by atoms with Crippen LogP contribution in [0.2, 0.25) is 0 Å². The summed E-state index contributed by atoms with van der Waals surface area (Å²) in [5.41, 5.74) is 5.08. The maximum atomic E-state index is 5.20. The van der Waals surface area contributed by atoms with E-state index in [1.54, 1.807) is 7.11 Å². The van der Waals surface area contributed by atoms with Gasteiger partial charge in [0.1, 0.15) is 5.75 Å². The molecule has 0 fully saturated rings. The molecular formula is C18H19NO. The van der Waals surface area contributed by atoms with E-state index >= 15 is 0 Å². The number of aryl methyl sites for hydroxylation is 1. The van der Waals surface area contributed by atoms with Crippen LogP contribution in [-0.2, 0) is 12.8 Å². The average molecular weight is 265 g/mol. The second-order valence-corrected chi connectivity index (χ2v) is 5.43. The Morgan fingerprint density at radius 3 is 2.80 bits per heavy atom. The van der Waals surface area contributed by atoms with Crippen molar-refractivity contribution in [2.45, 2.75) is 19.8 Å². The summed E-state index contributed by atoms with van der Waals surface area (Å²) in [7, 11) is 1.70. The number of benzene rings is 1. The lowest BCUT2D eigenvalue weighted by atomic mass is 9.87. The first-order chi connectivity index (χ1) is 9.74. The van der Waals surface area contributed by atoms with Crippen LogP contribution in [0.5, 0.6) is 5.75 Å². The highest BCUT2D eigenvalue weighted by Crippen LogP contribution is 2.25. The van der Waals surface area contributed by atoms with Crippen molar-refractivity contribution in [2.24, 2.45) is 5.92 Å². The fourth-order valence-corrected chi connectivity index (χ4v) is 2.74. The number of allylic oxidation sites excluding steroid dienone is 1. The van der Waals surface area contributed by atoms with Crippen molar-refractivity contribution < 1.29 is 4.74 Å². The molecule has 102 valence electrons. The molecule has 1 aliphatic carbocycles. The van der Waals surface area contributed by atoms with Crippen molar-refractivity contribution in [1.82, 2.24) is 4.98 Å². The molecule has 0 unspecified atom stereocenters. The maximum absolute atomic E-state index is 5.20. The van der Waals surface area contributed by atoms with Crippen LogP contribution in [0.3, 0.4) is 0 Å². The Hall–Kier alpha value is -2.09. The van der Waals surface area contributed by atoms with Crippen LogP contribution < -0.4 is 4.74 Å². The van der Waals surface area contributed by atoms with Crippen LogP contribution in [0.25, 0.3) is 6.08 Å². The third-order valence-electron chi connectivity index (χ3n) is 3.80. The van der Waals surface area contributed by atoms with Crippen LogP contribution in [0.1, 0.15) is 22.4 Å². The van der Waals surface area contributed by atoms with Crippen LogP contribution in [0, 0.1) is 12.8 Å². The molecule has 0 radical (unpaired) electrons. The van der Waals surface area contributed by atoms with Crippen molar-refractivity contribution in [3.8, 4) is 5.75 Å². The van der Waals surface area contributed by atoms with E-state index in [1.165, 1.54) is 16.7 Å². The second-order valence-electron chi connectivity index (χ2n) is 5.43. The summed E-state index contributed by atoms with van der Waals surface area (Å²) >= 11 is 0. The van der Waals surface area contributed by atoms with Crippen LogP contribution >= 0.6 is 0 Å². The molecule has 0 aliphatic heterocycles. The topological polar surface area (TPSA) is 22.1 Å². The van der Waals surface area contributed by atoms with Gasteiger partial charge in [0.05, 0.1) is 12.8 Å². The normalized spacial score (nSPS) is 16.8. The highest BCUT2D eigenvalue weighted by molar-refractivity contribution is 5.53. The lowest BCUT2D eigenvalue weighted by molar-refractivity contribution is 0.414.